The maximum Gasteiger partial charge on any atom is 0.414 e. The number of carbonyl (C=O) groups excluding carboxylic acids is 2. The lowest BCUT2D eigenvalue weighted by Crippen LogP contribution is -2.31. The number of nitrogens with one attached hydrogen (secondary N) is 1. The highest BCUT2D eigenvalue weighted by atomic mass is 79.9. The van der Waals surface area contributed by atoms with E-state index in [-0.39, 0.29) is 6.61 Å². The molecule has 5 heteroatoms. The third kappa shape index (κ3) is 3.56. The second kappa shape index (κ2) is 5.82. The van der Waals surface area contributed by atoms with Gasteiger partial charge in [0.2, 0.25) is 0 Å². The molecule has 0 saturated heterocycles. The van der Waals surface area contributed by atoms with Crippen molar-refractivity contribution in [1.29, 1.82) is 0 Å². The number of hydrogen-bond acceptors (Lipinski definition) is 3. The van der Waals surface area contributed by atoms with E-state index in [9.17, 15) is 9.59 Å². The molecule has 2 amide bonds. The molecule has 0 aliphatic carbocycles. The van der Waals surface area contributed by atoms with E-state index in [0.717, 1.165) is 15.6 Å². The van der Waals surface area contributed by atoms with Gasteiger partial charge in [0, 0.05) is 10.0 Å². The number of carbonyl (C=O) groups is 2. The Balaban J connectivity index is 2.86. The largest absolute Gasteiger partial charge is 0.450 e. The number of alkyl carbamates (subject to hydrolysis) is 1. The summed E-state index contributed by atoms with van der Waals surface area (Å²) in [6.07, 6.45) is -0.726. The fraction of sp³-hybridized carbons (Fsp3) is 0.333. The highest BCUT2D eigenvalue weighted by Gasteiger charge is 2.12. The molecule has 1 aromatic rings. The lowest BCUT2D eigenvalue weighted by Gasteiger charge is -2.08. The summed E-state index contributed by atoms with van der Waals surface area (Å²) in [5, 5.41) is 2.16. The van der Waals surface area contributed by atoms with Crippen LogP contribution in [0, 0.1) is 13.8 Å². The molecule has 0 fully saturated rings. The lowest BCUT2D eigenvalue weighted by atomic mass is 10.1. The van der Waals surface area contributed by atoms with Gasteiger partial charge >= 0.3 is 6.09 Å². The van der Waals surface area contributed by atoms with Gasteiger partial charge in [-0.2, -0.15) is 0 Å². The van der Waals surface area contributed by atoms with Crippen molar-refractivity contribution < 1.29 is 14.3 Å². The van der Waals surface area contributed by atoms with Gasteiger partial charge in [-0.15, -0.1) is 0 Å². The van der Waals surface area contributed by atoms with Crippen LogP contribution >= 0.6 is 15.9 Å². The van der Waals surface area contributed by atoms with Crippen LogP contribution < -0.4 is 5.32 Å². The number of rotatable bonds is 2. The zero-order chi connectivity index (χ0) is 13.0. The summed E-state index contributed by atoms with van der Waals surface area (Å²) < 4.78 is 5.60. The first-order valence-corrected chi connectivity index (χ1v) is 5.99. The first-order chi connectivity index (χ1) is 7.95. The molecule has 0 spiro atoms. The summed E-state index contributed by atoms with van der Waals surface area (Å²) in [4.78, 5) is 22.8. The Morgan fingerprint density at radius 2 is 1.82 bits per heavy atom. The van der Waals surface area contributed by atoms with E-state index in [1.165, 1.54) is 0 Å². The highest BCUT2D eigenvalue weighted by Crippen LogP contribution is 2.22. The Hall–Kier alpha value is -1.36. The molecule has 0 aliphatic heterocycles. The molecule has 0 radical (unpaired) electrons. The summed E-state index contributed by atoms with van der Waals surface area (Å²) in [7, 11) is 0. The number of aryl methyl sites for hydroxylation is 2. The van der Waals surface area contributed by atoms with Gasteiger partial charge in [0.1, 0.15) is 0 Å². The van der Waals surface area contributed by atoms with Crippen LogP contribution in [0.2, 0.25) is 0 Å². The maximum atomic E-state index is 11.7. The average Bonchev–Trinajstić information content (AvgIpc) is 2.25. The quantitative estimate of drug-likeness (QED) is 0.913. The fourth-order valence-corrected chi connectivity index (χ4v) is 1.64. The Kier molecular flexibility index (Phi) is 4.69. The Morgan fingerprint density at radius 1 is 1.29 bits per heavy atom. The van der Waals surface area contributed by atoms with E-state index in [2.05, 4.69) is 26.0 Å². The minimum atomic E-state index is -0.726. The monoisotopic (exact) mass is 299 g/mol. The second-order valence-electron chi connectivity index (χ2n) is 3.60. The summed E-state index contributed by atoms with van der Waals surface area (Å²) in [5.41, 5.74) is 2.33. The summed E-state index contributed by atoms with van der Waals surface area (Å²) in [5.74, 6) is -0.456. The molecule has 92 valence electrons. The SMILES string of the molecule is CCOC(=O)NC(=O)c1cc(C)c(Br)c(C)c1. The molecule has 1 aromatic carbocycles. The number of halogens is 1. The van der Waals surface area contributed by atoms with Crippen molar-refractivity contribution in [2.75, 3.05) is 6.61 Å². The summed E-state index contributed by atoms with van der Waals surface area (Å²) in [6, 6.07) is 3.43. The van der Waals surface area contributed by atoms with Gasteiger partial charge in [-0.05, 0) is 44.0 Å². The molecule has 0 aliphatic rings. The minimum Gasteiger partial charge on any atom is -0.450 e. The van der Waals surface area contributed by atoms with Crippen LogP contribution in [-0.2, 0) is 4.74 Å². The number of imide groups is 1. The number of amides is 2. The zero-order valence-electron chi connectivity index (χ0n) is 9.96. The lowest BCUT2D eigenvalue weighted by molar-refractivity contribution is 0.0925. The molecule has 1 rings (SSSR count). The van der Waals surface area contributed by atoms with Crippen LogP contribution in [0.4, 0.5) is 4.79 Å². The van der Waals surface area contributed by atoms with Crippen molar-refractivity contribution in [3.05, 3.63) is 33.3 Å². The van der Waals surface area contributed by atoms with Crippen molar-refractivity contribution in [2.24, 2.45) is 0 Å². The molecule has 4 nitrogen and oxygen atoms in total. The second-order valence-corrected chi connectivity index (χ2v) is 4.39. The minimum absolute atomic E-state index is 0.234. The van der Waals surface area contributed by atoms with Gasteiger partial charge in [-0.3, -0.25) is 10.1 Å². The van der Waals surface area contributed by atoms with Gasteiger partial charge < -0.3 is 4.74 Å². The van der Waals surface area contributed by atoms with Crippen LogP contribution in [0.25, 0.3) is 0 Å². The van der Waals surface area contributed by atoms with Gasteiger partial charge in [-0.25, -0.2) is 4.79 Å². The molecule has 0 saturated carbocycles. The van der Waals surface area contributed by atoms with Crippen molar-refractivity contribution in [3.63, 3.8) is 0 Å². The van der Waals surface area contributed by atoms with E-state index in [1.54, 1.807) is 19.1 Å². The normalized spacial score (nSPS) is 9.88. The smallest absolute Gasteiger partial charge is 0.414 e. The Bertz CT molecular complexity index is 434. The van der Waals surface area contributed by atoms with Gasteiger partial charge in [-0.1, -0.05) is 15.9 Å². The van der Waals surface area contributed by atoms with E-state index < -0.39 is 12.0 Å². The average molecular weight is 300 g/mol. The van der Waals surface area contributed by atoms with Crippen LogP contribution in [0.1, 0.15) is 28.4 Å². The molecular weight excluding hydrogens is 286 g/mol. The number of hydrogen-bond donors (Lipinski definition) is 1. The number of benzene rings is 1. The van der Waals surface area contributed by atoms with Crippen molar-refractivity contribution >= 4 is 27.9 Å². The third-order valence-electron chi connectivity index (χ3n) is 2.19. The summed E-state index contributed by atoms with van der Waals surface area (Å²) >= 11 is 3.41. The van der Waals surface area contributed by atoms with Crippen molar-refractivity contribution in [1.82, 2.24) is 5.32 Å². The molecule has 0 bridgehead atoms. The topological polar surface area (TPSA) is 55.4 Å². The van der Waals surface area contributed by atoms with Gasteiger partial charge in [0.15, 0.2) is 0 Å². The molecule has 0 atom stereocenters. The van der Waals surface area contributed by atoms with Gasteiger partial charge in [0.25, 0.3) is 5.91 Å². The van der Waals surface area contributed by atoms with E-state index in [4.69, 9.17) is 0 Å². The molecule has 0 aromatic heterocycles. The standard InChI is InChI=1S/C12H14BrNO3/c1-4-17-12(16)14-11(15)9-5-7(2)10(13)8(3)6-9/h5-6H,4H2,1-3H3,(H,14,15,16). The predicted molar refractivity (Wildman–Crippen MR) is 68.1 cm³/mol. The van der Waals surface area contributed by atoms with Crippen LogP contribution in [-0.4, -0.2) is 18.6 Å². The molecular formula is C12H14BrNO3. The van der Waals surface area contributed by atoms with Crippen LogP contribution in [0.5, 0.6) is 0 Å². The summed E-state index contributed by atoms with van der Waals surface area (Å²) in [6.45, 7) is 5.69. The zero-order valence-corrected chi connectivity index (χ0v) is 11.6. The Labute approximate surface area is 108 Å². The predicted octanol–water partition coefficient (Wildman–Crippen LogP) is 2.95. The van der Waals surface area contributed by atoms with Crippen molar-refractivity contribution in [2.45, 2.75) is 20.8 Å². The first-order valence-electron chi connectivity index (χ1n) is 5.20. The molecule has 1 N–H and O–H groups in total. The molecule has 17 heavy (non-hydrogen) atoms. The van der Waals surface area contributed by atoms with E-state index in [1.807, 2.05) is 13.8 Å². The molecule has 0 unspecified atom stereocenters. The third-order valence-corrected chi connectivity index (χ3v) is 3.44. The van der Waals surface area contributed by atoms with E-state index in [0.29, 0.717) is 5.56 Å². The van der Waals surface area contributed by atoms with Crippen molar-refractivity contribution in [3.8, 4) is 0 Å². The fourth-order valence-electron chi connectivity index (χ4n) is 1.41. The highest BCUT2D eigenvalue weighted by molar-refractivity contribution is 9.10. The van der Waals surface area contributed by atoms with Gasteiger partial charge in [0.05, 0.1) is 6.61 Å². The van der Waals surface area contributed by atoms with E-state index >= 15 is 0 Å². The Morgan fingerprint density at radius 3 is 2.29 bits per heavy atom. The first kappa shape index (κ1) is 13.7. The van der Waals surface area contributed by atoms with Crippen LogP contribution in [0.15, 0.2) is 16.6 Å². The number of ether oxygens (including phenoxy) is 1. The maximum absolute atomic E-state index is 11.7. The van der Waals surface area contributed by atoms with Crippen LogP contribution in [0.3, 0.4) is 0 Å². The molecule has 0 heterocycles.